The standard InChI is InChI=1S/C10H12FNO/c11-9-6-12-4-1-8(9)5-10(7-13)2-3-10/h1,4,6,13H,2-3,5,7H2. The first-order chi connectivity index (χ1) is 6.26. The number of hydrogen-bond acceptors (Lipinski definition) is 2. The van der Waals surface area contributed by atoms with Gasteiger partial charge >= 0.3 is 0 Å². The van der Waals surface area contributed by atoms with Gasteiger partial charge in [0.15, 0.2) is 0 Å². The Balaban J connectivity index is 2.14. The van der Waals surface area contributed by atoms with Crippen molar-refractivity contribution < 1.29 is 9.50 Å². The molecule has 3 heteroatoms. The highest BCUT2D eigenvalue weighted by Gasteiger charge is 2.42. The number of aliphatic hydroxyl groups excluding tert-OH is 1. The highest BCUT2D eigenvalue weighted by Crippen LogP contribution is 2.47. The summed E-state index contributed by atoms with van der Waals surface area (Å²) in [6.07, 6.45) is 5.46. The molecule has 1 fully saturated rings. The van der Waals surface area contributed by atoms with Crippen molar-refractivity contribution in [3.63, 3.8) is 0 Å². The minimum Gasteiger partial charge on any atom is -0.396 e. The lowest BCUT2D eigenvalue weighted by atomic mass is 9.98. The van der Waals surface area contributed by atoms with Gasteiger partial charge in [-0.25, -0.2) is 4.39 Å². The molecule has 1 aliphatic rings. The lowest BCUT2D eigenvalue weighted by molar-refractivity contribution is 0.210. The van der Waals surface area contributed by atoms with Gasteiger partial charge in [0, 0.05) is 12.8 Å². The number of aromatic nitrogens is 1. The molecule has 0 unspecified atom stereocenters. The largest absolute Gasteiger partial charge is 0.396 e. The Morgan fingerprint density at radius 2 is 2.31 bits per heavy atom. The molecular weight excluding hydrogens is 169 g/mol. The number of halogens is 1. The van der Waals surface area contributed by atoms with Gasteiger partial charge in [0.1, 0.15) is 5.82 Å². The van der Waals surface area contributed by atoms with Crippen molar-refractivity contribution in [1.29, 1.82) is 0 Å². The summed E-state index contributed by atoms with van der Waals surface area (Å²) in [6, 6.07) is 1.69. The van der Waals surface area contributed by atoms with Crippen molar-refractivity contribution in [3.8, 4) is 0 Å². The first-order valence-electron chi connectivity index (χ1n) is 4.45. The first kappa shape index (κ1) is 8.63. The molecule has 0 saturated heterocycles. The third-order valence-corrected chi connectivity index (χ3v) is 2.71. The van der Waals surface area contributed by atoms with Gasteiger partial charge in [-0.1, -0.05) is 0 Å². The number of nitrogens with zero attached hydrogens (tertiary/aromatic N) is 1. The summed E-state index contributed by atoms with van der Waals surface area (Å²) >= 11 is 0. The summed E-state index contributed by atoms with van der Waals surface area (Å²) in [5.41, 5.74) is 0.642. The van der Waals surface area contributed by atoms with Crippen LogP contribution in [0.3, 0.4) is 0 Å². The van der Waals surface area contributed by atoms with Crippen LogP contribution in [0.5, 0.6) is 0 Å². The number of pyridine rings is 1. The van der Waals surface area contributed by atoms with Gasteiger partial charge in [0.05, 0.1) is 6.20 Å². The predicted octanol–water partition coefficient (Wildman–Crippen LogP) is 1.54. The van der Waals surface area contributed by atoms with E-state index in [2.05, 4.69) is 4.98 Å². The van der Waals surface area contributed by atoms with Crippen LogP contribution < -0.4 is 0 Å². The van der Waals surface area contributed by atoms with E-state index in [1.807, 2.05) is 0 Å². The molecule has 1 aromatic heterocycles. The second kappa shape index (κ2) is 3.07. The lowest BCUT2D eigenvalue weighted by Gasteiger charge is -2.11. The molecule has 2 rings (SSSR count). The van der Waals surface area contributed by atoms with E-state index in [1.54, 1.807) is 12.3 Å². The fourth-order valence-electron chi connectivity index (χ4n) is 1.52. The van der Waals surface area contributed by atoms with E-state index in [0.29, 0.717) is 12.0 Å². The second-order valence-corrected chi connectivity index (χ2v) is 3.80. The average molecular weight is 181 g/mol. The average Bonchev–Trinajstić information content (AvgIpc) is 2.90. The molecule has 0 aromatic carbocycles. The van der Waals surface area contributed by atoms with Gasteiger partial charge in [0.25, 0.3) is 0 Å². The van der Waals surface area contributed by atoms with Crippen LogP contribution in [0.15, 0.2) is 18.5 Å². The van der Waals surface area contributed by atoms with Crippen LogP contribution in [0.25, 0.3) is 0 Å². The maximum Gasteiger partial charge on any atom is 0.144 e. The van der Waals surface area contributed by atoms with Crippen LogP contribution >= 0.6 is 0 Å². The molecular formula is C10H12FNO. The van der Waals surface area contributed by atoms with Crippen molar-refractivity contribution in [3.05, 3.63) is 29.8 Å². The molecule has 1 aromatic rings. The van der Waals surface area contributed by atoms with Crippen LogP contribution in [0, 0.1) is 11.2 Å². The van der Waals surface area contributed by atoms with E-state index >= 15 is 0 Å². The summed E-state index contributed by atoms with van der Waals surface area (Å²) in [4.78, 5) is 3.68. The molecule has 0 atom stereocenters. The lowest BCUT2D eigenvalue weighted by Crippen LogP contribution is -2.11. The van der Waals surface area contributed by atoms with Crippen LogP contribution in [0.1, 0.15) is 18.4 Å². The Bertz CT molecular complexity index is 310. The Labute approximate surface area is 76.4 Å². The van der Waals surface area contributed by atoms with E-state index in [0.717, 1.165) is 12.8 Å². The predicted molar refractivity (Wildman–Crippen MR) is 46.7 cm³/mol. The summed E-state index contributed by atoms with van der Waals surface area (Å²) in [6.45, 7) is 0.161. The molecule has 0 bridgehead atoms. The molecule has 1 saturated carbocycles. The topological polar surface area (TPSA) is 33.1 Å². The maximum atomic E-state index is 13.1. The Morgan fingerprint density at radius 1 is 1.54 bits per heavy atom. The summed E-state index contributed by atoms with van der Waals surface area (Å²) in [7, 11) is 0. The quantitative estimate of drug-likeness (QED) is 0.767. The fraction of sp³-hybridized carbons (Fsp3) is 0.500. The molecule has 1 heterocycles. The molecule has 0 spiro atoms. The number of aliphatic hydroxyl groups is 1. The summed E-state index contributed by atoms with van der Waals surface area (Å²) in [5, 5.41) is 9.07. The zero-order valence-electron chi connectivity index (χ0n) is 7.33. The monoisotopic (exact) mass is 181 g/mol. The maximum absolute atomic E-state index is 13.1. The first-order valence-corrected chi connectivity index (χ1v) is 4.45. The highest BCUT2D eigenvalue weighted by molar-refractivity contribution is 5.17. The van der Waals surface area contributed by atoms with Crippen molar-refractivity contribution >= 4 is 0 Å². The van der Waals surface area contributed by atoms with E-state index in [1.165, 1.54) is 6.20 Å². The minimum atomic E-state index is -0.262. The Kier molecular flexibility index (Phi) is 2.04. The second-order valence-electron chi connectivity index (χ2n) is 3.80. The van der Waals surface area contributed by atoms with Gasteiger partial charge in [-0.05, 0) is 36.3 Å². The minimum absolute atomic E-state index is 0.0256. The fourth-order valence-corrected chi connectivity index (χ4v) is 1.52. The van der Waals surface area contributed by atoms with Crippen molar-refractivity contribution in [2.45, 2.75) is 19.3 Å². The third kappa shape index (κ3) is 1.70. The molecule has 0 aliphatic heterocycles. The molecule has 0 radical (unpaired) electrons. The van der Waals surface area contributed by atoms with Crippen LogP contribution in [-0.4, -0.2) is 16.7 Å². The van der Waals surface area contributed by atoms with E-state index in [4.69, 9.17) is 5.11 Å². The van der Waals surface area contributed by atoms with Crippen LogP contribution in [-0.2, 0) is 6.42 Å². The van der Waals surface area contributed by atoms with Crippen molar-refractivity contribution in [1.82, 2.24) is 4.98 Å². The van der Waals surface area contributed by atoms with E-state index < -0.39 is 0 Å². The van der Waals surface area contributed by atoms with Crippen molar-refractivity contribution in [2.24, 2.45) is 5.41 Å². The number of hydrogen-bond donors (Lipinski definition) is 1. The van der Waals surface area contributed by atoms with Crippen LogP contribution in [0.2, 0.25) is 0 Å². The Hall–Kier alpha value is -0.960. The highest BCUT2D eigenvalue weighted by atomic mass is 19.1. The molecule has 1 N–H and O–H groups in total. The van der Waals surface area contributed by atoms with Gasteiger partial charge in [-0.2, -0.15) is 0 Å². The SMILES string of the molecule is OCC1(Cc2ccncc2F)CC1. The van der Waals surface area contributed by atoms with Gasteiger partial charge < -0.3 is 5.11 Å². The third-order valence-electron chi connectivity index (χ3n) is 2.71. The van der Waals surface area contributed by atoms with Crippen LogP contribution in [0.4, 0.5) is 4.39 Å². The van der Waals surface area contributed by atoms with Gasteiger partial charge in [-0.15, -0.1) is 0 Å². The van der Waals surface area contributed by atoms with Gasteiger partial charge in [0.2, 0.25) is 0 Å². The molecule has 70 valence electrons. The van der Waals surface area contributed by atoms with E-state index in [-0.39, 0.29) is 17.8 Å². The normalized spacial score (nSPS) is 18.6. The summed E-state index contributed by atoms with van der Waals surface area (Å²) in [5.74, 6) is -0.262. The molecule has 1 aliphatic carbocycles. The van der Waals surface area contributed by atoms with Gasteiger partial charge in [-0.3, -0.25) is 4.98 Å². The zero-order chi connectivity index (χ0) is 9.31. The Morgan fingerprint density at radius 3 is 2.85 bits per heavy atom. The summed E-state index contributed by atoms with van der Waals surface area (Å²) < 4.78 is 13.1. The number of rotatable bonds is 3. The molecule has 0 amide bonds. The molecule has 13 heavy (non-hydrogen) atoms. The smallest absolute Gasteiger partial charge is 0.144 e. The molecule has 2 nitrogen and oxygen atoms in total. The van der Waals surface area contributed by atoms with Crippen molar-refractivity contribution in [2.75, 3.05) is 6.61 Å². The zero-order valence-corrected chi connectivity index (χ0v) is 7.33. The van der Waals surface area contributed by atoms with E-state index in [9.17, 15) is 4.39 Å².